The van der Waals surface area contributed by atoms with Gasteiger partial charge < -0.3 is 15.3 Å². The van der Waals surface area contributed by atoms with Crippen LogP contribution in [0.3, 0.4) is 0 Å². The third kappa shape index (κ3) is 4.47. The monoisotopic (exact) mass is 372 g/mol. The van der Waals surface area contributed by atoms with E-state index in [2.05, 4.69) is 15.2 Å². The first-order valence-corrected chi connectivity index (χ1v) is 9.78. The number of piperidine rings is 1. The summed E-state index contributed by atoms with van der Waals surface area (Å²) in [5.74, 6) is 0.490. The van der Waals surface area contributed by atoms with Crippen molar-refractivity contribution in [1.29, 1.82) is 0 Å². The number of hydrogen-bond acceptors (Lipinski definition) is 4. The molecule has 7 heteroatoms. The van der Waals surface area contributed by atoms with E-state index in [1.54, 1.807) is 24.3 Å². The summed E-state index contributed by atoms with van der Waals surface area (Å²) >= 11 is 0. The molecule has 1 aromatic carbocycles. The normalized spacial score (nSPS) is 18.2. The Morgan fingerprint density at radius 3 is 2.37 bits per heavy atom. The van der Waals surface area contributed by atoms with Gasteiger partial charge in [-0.2, -0.15) is 0 Å². The highest BCUT2D eigenvalue weighted by molar-refractivity contribution is 6.21. The van der Waals surface area contributed by atoms with Crippen molar-refractivity contribution in [3.63, 3.8) is 0 Å². The van der Waals surface area contributed by atoms with Gasteiger partial charge in [-0.3, -0.25) is 19.5 Å². The largest absolute Gasteiger partial charge is 0.393 e. The smallest absolute Gasteiger partial charge is 0.261 e. The first-order chi connectivity index (χ1) is 13.1. The number of guanidine groups is 1. The number of benzene rings is 1. The molecule has 3 rings (SSSR count). The van der Waals surface area contributed by atoms with Gasteiger partial charge in [0.1, 0.15) is 0 Å². The highest BCUT2D eigenvalue weighted by atomic mass is 16.3. The van der Waals surface area contributed by atoms with E-state index in [0.717, 1.165) is 51.3 Å². The van der Waals surface area contributed by atoms with E-state index < -0.39 is 0 Å². The molecule has 2 N–H and O–H groups in total. The highest BCUT2D eigenvalue weighted by Crippen LogP contribution is 2.22. The van der Waals surface area contributed by atoms with Crippen molar-refractivity contribution in [2.75, 3.05) is 32.7 Å². The zero-order valence-electron chi connectivity index (χ0n) is 15.9. The summed E-state index contributed by atoms with van der Waals surface area (Å²) in [6.45, 7) is 5.52. The van der Waals surface area contributed by atoms with Crippen LogP contribution in [-0.4, -0.2) is 71.5 Å². The van der Waals surface area contributed by atoms with Crippen LogP contribution in [0.1, 0.15) is 53.3 Å². The van der Waals surface area contributed by atoms with Crippen LogP contribution in [0.2, 0.25) is 0 Å². The lowest BCUT2D eigenvalue weighted by molar-refractivity contribution is 0.0651. The van der Waals surface area contributed by atoms with E-state index in [9.17, 15) is 14.7 Å². The van der Waals surface area contributed by atoms with Crippen molar-refractivity contribution in [2.24, 2.45) is 4.99 Å². The van der Waals surface area contributed by atoms with Crippen LogP contribution in [0.4, 0.5) is 0 Å². The fourth-order valence-corrected chi connectivity index (χ4v) is 3.51. The fraction of sp³-hybridized carbons (Fsp3) is 0.550. The Bertz CT molecular complexity index is 676. The fourth-order valence-electron chi connectivity index (χ4n) is 3.51. The second-order valence-electron chi connectivity index (χ2n) is 6.97. The molecule has 1 saturated heterocycles. The Balaban J connectivity index is 1.47. The summed E-state index contributed by atoms with van der Waals surface area (Å²) in [4.78, 5) is 32.9. The predicted octanol–water partition coefficient (Wildman–Crippen LogP) is 1.48. The summed E-state index contributed by atoms with van der Waals surface area (Å²) in [5.41, 5.74) is 1.00. The minimum absolute atomic E-state index is 0.195. The summed E-state index contributed by atoms with van der Waals surface area (Å²) < 4.78 is 0. The third-order valence-electron chi connectivity index (χ3n) is 5.03. The number of likely N-dealkylation sites (tertiary alicyclic amines) is 1. The van der Waals surface area contributed by atoms with Gasteiger partial charge in [-0.05, 0) is 44.7 Å². The van der Waals surface area contributed by atoms with Crippen LogP contribution >= 0.6 is 0 Å². The topological polar surface area (TPSA) is 85.2 Å². The molecule has 0 aromatic heterocycles. The third-order valence-corrected chi connectivity index (χ3v) is 5.03. The van der Waals surface area contributed by atoms with Crippen molar-refractivity contribution in [3.05, 3.63) is 35.4 Å². The number of fused-ring (bicyclic) bond motifs is 1. The van der Waals surface area contributed by atoms with Crippen LogP contribution < -0.4 is 5.32 Å². The summed E-state index contributed by atoms with van der Waals surface area (Å²) in [6, 6.07) is 6.98. The Hall–Kier alpha value is -2.41. The maximum atomic E-state index is 12.3. The SMILES string of the molecule is CCNC(=NCCCCN1C(=O)c2ccccc2C1=O)N1CCC(O)CC1. The van der Waals surface area contributed by atoms with E-state index in [1.807, 2.05) is 6.92 Å². The van der Waals surface area contributed by atoms with Crippen LogP contribution in [0.5, 0.6) is 0 Å². The molecule has 146 valence electrons. The molecule has 0 unspecified atom stereocenters. The molecule has 0 atom stereocenters. The Kier molecular flexibility index (Phi) is 6.45. The minimum Gasteiger partial charge on any atom is -0.393 e. The van der Waals surface area contributed by atoms with Gasteiger partial charge in [0.25, 0.3) is 11.8 Å². The zero-order valence-corrected chi connectivity index (χ0v) is 15.9. The first kappa shape index (κ1) is 19.4. The number of aliphatic imine (C=N–C) groups is 1. The lowest BCUT2D eigenvalue weighted by atomic mass is 10.1. The van der Waals surface area contributed by atoms with Crippen LogP contribution in [-0.2, 0) is 0 Å². The van der Waals surface area contributed by atoms with Gasteiger partial charge in [-0.15, -0.1) is 0 Å². The van der Waals surface area contributed by atoms with Crippen LogP contribution in [0, 0.1) is 0 Å². The molecular formula is C20H28N4O3. The van der Waals surface area contributed by atoms with Gasteiger partial charge in [0, 0.05) is 32.7 Å². The Morgan fingerprint density at radius 2 is 1.78 bits per heavy atom. The van der Waals surface area contributed by atoms with Crippen LogP contribution in [0.25, 0.3) is 0 Å². The second-order valence-corrected chi connectivity index (χ2v) is 6.97. The number of nitrogens with zero attached hydrogens (tertiary/aromatic N) is 3. The van der Waals surface area contributed by atoms with E-state index in [-0.39, 0.29) is 17.9 Å². The van der Waals surface area contributed by atoms with Gasteiger partial charge in [0.2, 0.25) is 0 Å². The minimum atomic E-state index is -0.205. The summed E-state index contributed by atoms with van der Waals surface area (Å²) in [7, 11) is 0. The molecule has 0 saturated carbocycles. The predicted molar refractivity (Wildman–Crippen MR) is 104 cm³/mol. The van der Waals surface area contributed by atoms with Crippen molar-refractivity contribution in [3.8, 4) is 0 Å². The number of rotatable bonds is 6. The number of amides is 2. The van der Waals surface area contributed by atoms with E-state index in [0.29, 0.717) is 24.2 Å². The molecule has 1 fully saturated rings. The standard InChI is InChI=1S/C20H28N4O3/c1-2-21-20(23-13-9-15(25)10-14-23)22-11-5-6-12-24-18(26)16-7-3-4-8-17(16)19(24)27/h3-4,7-8,15,25H,2,5-6,9-14H2,1H3,(H,21,22). The van der Waals surface area contributed by atoms with Gasteiger partial charge in [0.15, 0.2) is 5.96 Å². The highest BCUT2D eigenvalue weighted by Gasteiger charge is 2.34. The number of carbonyl (C=O) groups excluding carboxylic acids is 2. The molecule has 7 nitrogen and oxygen atoms in total. The molecule has 0 aliphatic carbocycles. The maximum Gasteiger partial charge on any atom is 0.261 e. The van der Waals surface area contributed by atoms with Crippen molar-refractivity contribution in [2.45, 2.75) is 38.7 Å². The number of imide groups is 1. The van der Waals surface area contributed by atoms with Crippen LogP contribution in [0.15, 0.2) is 29.3 Å². The number of carbonyl (C=O) groups is 2. The van der Waals surface area contributed by atoms with Gasteiger partial charge in [-0.1, -0.05) is 12.1 Å². The summed E-state index contributed by atoms with van der Waals surface area (Å²) in [6.07, 6.45) is 2.86. The van der Waals surface area contributed by atoms with E-state index in [4.69, 9.17) is 0 Å². The second kappa shape index (κ2) is 8.99. The number of nitrogens with one attached hydrogen (secondary N) is 1. The number of aliphatic hydroxyl groups excluding tert-OH is 1. The first-order valence-electron chi connectivity index (χ1n) is 9.78. The molecule has 2 amide bonds. The van der Waals surface area contributed by atoms with Gasteiger partial charge in [-0.25, -0.2) is 0 Å². The Labute approximate surface area is 160 Å². The quantitative estimate of drug-likeness (QED) is 0.342. The maximum absolute atomic E-state index is 12.3. The van der Waals surface area contributed by atoms with E-state index >= 15 is 0 Å². The lowest BCUT2D eigenvalue weighted by Gasteiger charge is -2.32. The lowest BCUT2D eigenvalue weighted by Crippen LogP contribution is -2.46. The van der Waals surface area contributed by atoms with Crippen molar-refractivity contribution in [1.82, 2.24) is 15.1 Å². The van der Waals surface area contributed by atoms with E-state index in [1.165, 1.54) is 4.90 Å². The molecular weight excluding hydrogens is 344 g/mol. The van der Waals surface area contributed by atoms with Crippen molar-refractivity contribution >= 4 is 17.8 Å². The molecule has 2 aliphatic rings. The number of unbranched alkanes of at least 4 members (excludes halogenated alkanes) is 1. The molecule has 0 bridgehead atoms. The average molecular weight is 372 g/mol. The van der Waals surface area contributed by atoms with Crippen molar-refractivity contribution < 1.29 is 14.7 Å². The molecule has 0 spiro atoms. The summed E-state index contributed by atoms with van der Waals surface area (Å²) in [5, 5.41) is 13.0. The zero-order chi connectivity index (χ0) is 19.2. The number of aliphatic hydroxyl groups is 1. The molecule has 27 heavy (non-hydrogen) atoms. The molecule has 2 aliphatic heterocycles. The average Bonchev–Trinajstić information content (AvgIpc) is 2.92. The molecule has 0 radical (unpaired) electrons. The molecule has 2 heterocycles. The van der Waals surface area contributed by atoms with Gasteiger partial charge >= 0.3 is 0 Å². The number of hydrogen-bond donors (Lipinski definition) is 2. The molecule has 1 aromatic rings. The Morgan fingerprint density at radius 1 is 1.15 bits per heavy atom. The van der Waals surface area contributed by atoms with Gasteiger partial charge in [0.05, 0.1) is 17.2 Å².